The lowest BCUT2D eigenvalue weighted by Crippen LogP contribution is -2.37. The number of methoxy groups -OCH3 is 1. The Kier molecular flexibility index (Phi) is 11.0. The van der Waals surface area contributed by atoms with Crippen molar-refractivity contribution in [2.24, 2.45) is 0 Å². The van der Waals surface area contributed by atoms with Gasteiger partial charge in [-0.2, -0.15) is 0 Å². The minimum atomic E-state index is -0.198. The number of hydrogen-bond donors (Lipinski definition) is 2. The fourth-order valence-corrected chi connectivity index (χ4v) is 3.54. The number of rotatable bonds is 12. The minimum absolute atomic E-state index is 0.167. The highest BCUT2D eigenvalue weighted by Crippen LogP contribution is 2.22. The van der Waals surface area contributed by atoms with Gasteiger partial charge in [-0.05, 0) is 56.5 Å². The molecule has 7 heteroatoms. The Morgan fingerprint density at radius 2 is 1.66 bits per heavy atom. The van der Waals surface area contributed by atoms with Crippen molar-refractivity contribution in [3.8, 4) is 0 Å². The molecule has 0 aliphatic rings. The molecular weight excluding hydrogens is 426 g/mol. The van der Waals surface area contributed by atoms with Gasteiger partial charge in [-0.3, -0.25) is 9.69 Å². The molecule has 0 saturated heterocycles. The Morgan fingerprint density at radius 3 is 2.31 bits per heavy atom. The predicted molar refractivity (Wildman–Crippen MR) is 129 cm³/mol. The molecule has 0 aliphatic heterocycles. The lowest BCUT2D eigenvalue weighted by molar-refractivity contribution is -0.140. The molecule has 2 aromatic rings. The van der Waals surface area contributed by atoms with Gasteiger partial charge in [0.2, 0.25) is 0 Å². The van der Waals surface area contributed by atoms with Crippen LogP contribution in [-0.2, 0) is 16.1 Å². The summed E-state index contributed by atoms with van der Waals surface area (Å²) in [5.74, 6) is -0.198. The average Bonchev–Trinajstić information content (AvgIpc) is 2.80. The van der Waals surface area contributed by atoms with Crippen molar-refractivity contribution in [1.29, 1.82) is 0 Å². The third kappa shape index (κ3) is 9.28. The first-order chi connectivity index (χ1) is 15.4. The van der Waals surface area contributed by atoms with E-state index in [2.05, 4.69) is 22.5 Å². The lowest BCUT2D eigenvalue weighted by atomic mass is 10.1. The molecule has 174 valence electrons. The normalized spacial score (nSPS) is 11.8. The van der Waals surface area contributed by atoms with E-state index in [9.17, 15) is 9.59 Å². The van der Waals surface area contributed by atoms with Gasteiger partial charge in [0.15, 0.2) is 0 Å². The second-order valence-electron chi connectivity index (χ2n) is 7.89. The number of hydrogen-bond acceptors (Lipinski definition) is 4. The van der Waals surface area contributed by atoms with Gasteiger partial charge in [0, 0.05) is 37.1 Å². The highest BCUT2D eigenvalue weighted by atomic mass is 35.5. The van der Waals surface area contributed by atoms with Crippen LogP contribution < -0.4 is 10.6 Å². The second-order valence-corrected chi connectivity index (χ2v) is 8.33. The molecule has 0 bridgehead atoms. The van der Waals surface area contributed by atoms with Crippen LogP contribution in [0.1, 0.15) is 48.9 Å². The number of urea groups is 1. The van der Waals surface area contributed by atoms with Crippen LogP contribution in [0.2, 0.25) is 5.02 Å². The number of amides is 2. The van der Waals surface area contributed by atoms with E-state index in [0.717, 1.165) is 37.1 Å². The van der Waals surface area contributed by atoms with Crippen LogP contribution in [0.3, 0.4) is 0 Å². The summed E-state index contributed by atoms with van der Waals surface area (Å²) in [6, 6.07) is 15.9. The van der Waals surface area contributed by atoms with Gasteiger partial charge in [0.05, 0.1) is 7.11 Å². The number of ether oxygens (including phenoxy) is 1. The molecule has 0 aliphatic carbocycles. The largest absolute Gasteiger partial charge is 0.469 e. The van der Waals surface area contributed by atoms with Crippen LogP contribution in [-0.4, -0.2) is 43.6 Å². The molecule has 0 saturated carbocycles. The van der Waals surface area contributed by atoms with Crippen LogP contribution in [0, 0.1) is 6.92 Å². The van der Waals surface area contributed by atoms with Gasteiger partial charge in [-0.25, -0.2) is 4.79 Å². The summed E-state index contributed by atoms with van der Waals surface area (Å²) < 4.78 is 4.75. The van der Waals surface area contributed by atoms with E-state index >= 15 is 0 Å². The molecule has 2 rings (SSSR count). The van der Waals surface area contributed by atoms with Crippen molar-refractivity contribution in [2.75, 3.05) is 26.7 Å². The van der Waals surface area contributed by atoms with E-state index in [0.29, 0.717) is 24.5 Å². The van der Waals surface area contributed by atoms with E-state index in [1.165, 1.54) is 12.7 Å². The van der Waals surface area contributed by atoms with E-state index in [1.54, 1.807) is 0 Å². The topological polar surface area (TPSA) is 70.7 Å². The van der Waals surface area contributed by atoms with Crippen molar-refractivity contribution in [3.63, 3.8) is 0 Å². The number of esters is 1. The number of nitrogens with zero attached hydrogens (tertiary/aromatic N) is 1. The zero-order valence-corrected chi connectivity index (χ0v) is 20.0. The summed E-state index contributed by atoms with van der Waals surface area (Å²) in [4.78, 5) is 25.9. The highest BCUT2D eigenvalue weighted by molar-refractivity contribution is 6.30. The van der Waals surface area contributed by atoms with Crippen molar-refractivity contribution in [1.82, 2.24) is 15.5 Å². The van der Waals surface area contributed by atoms with Gasteiger partial charge in [-0.15, -0.1) is 0 Å². The number of carbonyl (C=O) groups excluding carboxylic acids is 2. The van der Waals surface area contributed by atoms with Gasteiger partial charge >= 0.3 is 12.0 Å². The average molecular weight is 460 g/mol. The zero-order chi connectivity index (χ0) is 23.3. The summed E-state index contributed by atoms with van der Waals surface area (Å²) in [5.41, 5.74) is 3.43. The van der Waals surface area contributed by atoms with Gasteiger partial charge in [0.1, 0.15) is 0 Å². The van der Waals surface area contributed by atoms with Crippen molar-refractivity contribution < 1.29 is 14.3 Å². The smallest absolute Gasteiger partial charge is 0.315 e. The van der Waals surface area contributed by atoms with Crippen molar-refractivity contribution in [2.45, 2.75) is 45.7 Å². The van der Waals surface area contributed by atoms with Crippen molar-refractivity contribution >= 4 is 23.6 Å². The summed E-state index contributed by atoms with van der Waals surface area (Å²) in [5, 5.41) is 6.51. The van der Waals surface area contributed by atoms with Gasteiger partial charge in [-0.1, -0.05) is 53.6 Å². The molecule has 0 fully saturated rings. The van der Waals surface area contributed by atoms with Crippen molar-refractivity contribution in [3.05, 3.63) is 70.2 Å². The maximum Gasteiger partial charge on any atom is 0.315 e. The summed E-state index contributed by atoms with van der Waals surface area (Å²) in [6.45, 7) is 6.81. The molecule has 0 heterocycles. The maximum atomic E-state index is 12.1. The monoisotopic (exact) mass is 459 g/mol. The molecule has 0 spiro atoms. The molecular formula is C25H34ClN3O3. The minimum Gasteiger partial charge on any atom is -0.469 e. The fraction of sp³-hybridized carbons (Fsp3) is 0.440. The standard InChI is InChI=1S/C25H34ClN3O3/c1-19-7-9-21(10-8-19)18-28-25(31)27-15-5-17-29(16-4-6-24(30)32-3)20(2)22-11-13-23(26)14-12-22/h7-14,20H,4-6,15-18H2,1-3H3,(H2,27,28,31). The van der Waals surface area contributed by atoms with Crippen LogP contribution in [0.4, 0.5) is 4.79 Å². The van der Waals surface area contributed by atoms with E-state index in [-0.39, 0.29) is 18.0 Å². The van der Waals surface area contributed by atoms with E-state index < -0.39 is 0 Å². The van der Waals surface area contributed by atoms with Gasteiger partial charge in [0.25, 0.3) is 0 Å². The predicted octanol–water partition coefficient (Wildman–Crippen LogP) is 4.85. The molecule has 0 aromatic heterocycles. The fourth-order valence-electron chi connectivity index (χ4n) is 3.41. The number of carbonyl (C=O) groups is 2. The third-order valence-corrected chi connectivity index (χ3v) is 5.69. The summed E-state index contributed by atoms with van der Waals surface area (Å²) in [7, 11) is 1.41. The lowest BCUT2D eigenvalue weighted by Gasteiger charge is -2.29. The number of halogens is 1. The zero-order valence-electron chi connectivity index (χ0n) is 19.2. The SMILES string of the molecule is COC(=O)CCCN(CCCNC(=O)NCc1ccc(C)cc1)C(C)c1ccc(Cl)cc1. The van der Waals surface area contributed by atoms with E-state index in [1.807, 2.05) is 55.5 Å². The molecule has 6 nitrogen and oxygen atoms in total. The van der Waals surface area contributed by atoms with Gasteiger partial charge < -0.3 is 15.4 Å². The molecule has 2 amide bonds. The second kappa shape index (κ2) is 13.8. The number of nitrogens with one attached hydrogen (secondary N) is 2. The first kappa shape index (κ1) is 25.7. The summed E-state index contributed by atoms with van der Waals surface area (Å²) in [6.07, 6.45) is 1.91. The Bertz CT molecular complexity index is 841. The Hall–Kier alpha value is -2.57. The molecule has 2 aromatic carbocycles. The first-order valence-corrected chi connectivity index (χ1v) is 11.4. The number of benzene rings is 2. The molecule has 0 radical (unpaired) electrons. The van der Waals surface area contributed by atoms with Crippen LogP contribution in [0.25, 0.3) is 0 Å². The Balaban J connectivity index is 1.79. The maximum absolute atomic E-state index is 12.1. The Morgan fingerprint density at radius 1 is 1.00 bits per heavy atom. The first-order valence-electron chi connectivity index (χ1n) is 11.0. The molecule has 1 unspecified atom stereocenters. The van der Waals surface area contributed by atoms with E-state index in [4.69, 9.17) is 16.3 Å². The third-order valence-electron chi connectivity index (χ3n) is 5.44. The van der Waals surface area contributed by atoms with Crippen LogP contribution >= 0.6 is 11.6 Å². The summed E-state index contributed by atoms with van der Waals surface area (Å²) >= 11 is 6.02. The van der Waals surface area contributed by atoms with Crippen LogP contribution in [0.15, 0.2) is 48.5 Å². The Labute approximate surface area is 196 Å². The number of aryl methyl sites for hydroxylation is 1. The highest BCUT2D eigenvalue weighted by Gasteiger charge is 2.16. The molecule has 32 heavy (non-hydrogen) atoms. The quantitative estimate of drug-likeness (QED) is 0.351. The molecule has 1 atom stereocenters. The molecule has 2 N–H and O–H groups in total. The van der Waals surface area contributed by atoms with Crippen LogP contribution in [0.5, 0.6) is 0 Å².